The highest BCUT2D eigenvalue weighted by Crippen LogP contribution is 2.25. The third kappa shape index (κ3) is 4.06. The maximum Gasteiger partial charge on any atom is 0.362 e. The van der Waals surface area contributed by atoms with Gasteiger partial charge >= 0.3 is 5.82 Å². The largest absolute Gasteiger partial charge is 0.471 e. The van der Waals surface area contributed by atoms with E-state index in [-0.39, 0.29) is 17.4 Å². The lowest BCUT2D eigenvalue weighted by atomic mass is 10.1. The Bertz CT molecular complexity index is 1010. The van der Waals surface area contributed by atoms with Crippen molar-refractivity contribution < 1.29 is 14.5 Å². The van der Waals surface area contributed by atoms with Crippen molar-refractivity contribution in [3.63, 3.8) is 0 Å². The van der Waals surface area contributed by atoms with Crippen molar-refractivity contribution >= 4 is 29.0 Å². The fourth-order valence-electron chi connectivity index (χ4n) is 2.38. The highest BCUT2D eigenvalue weighted by atomic mass is 35.5. The number of halogens is 1. The molecule has 11 heteroatoms. The average molecular weight is 391 g/mol. The Balaban J connectivity index is 1.64. The van der Waals surface area contributed by atoms with E-state index in [9.17, 15) is 14.9 Å². The summed E-state index contributed by atoms with van der Waals surface area (Å²) in [6.07, 6.45) is 2.97. The summed E-state index contributed by atoms with van der Waals surface area (Å²) >= 11 is 5.79. The standard InChI is InChI=1S/C16H15ClN6O4/c1-9-3-4-12(10(2)5-9)27-8-22-7-11(6-18-22)19-16(24)14-13(17)15(21-20-14)23(25)26/h3-7H,8H2,1-2H3,(H,19,24)(H,20,21). The van der Waals surface area contributed by atoms with Gasteiger partial charge in [-0.2, -0.15) is 5.10 Å². The Morgan fingerprint density at radius 2 is 2.22 bits per heavy atom. The summed E-state index contributed by atoms with van der Waals surface area (Å²) in [5, 5.41) is 22.7. The molecule has 2 N–H and O–H groups in total. The summed E-state index contributed by atoms with van der Waals surface area (Å²) in [7, 11) is 0. The topological polar surface area (TPSA) is 128 Å². The maximum absolute atomic E-state index is 12.2. The van der Waals surface area contributed by atoms with Gasteiger partial charge in [0.2, 0.25) is 0 Å². The molecule has 0 bridgehead atoms. The van der Waals surface area contributed by atoms with Gasteiger partial charge in [0.05, 0.1) is 18.1 Å². The minimum atomic E-state index is -0.755. The maximum atomic E-state index is 12.2. The Morgan fingerprint density at radius 3 is 2.89 bits per heavy atom. The molecule has 3 aromatic rings. The number of hydrogen-bond donors (Lipinski definition) is 2. The van der Waals surface area contributed by atoms with Gasteiger partial charge in [-0.25, -0.2) is 4.68 Å². The second-order valence-electron chi connectivity index (χ2n) is 5.76. The highest BCUT2D eigenvalue weighted by molar-refractivity contribution is 6.35. The van der Waals surface area contributed by atoms with Crippen LogP contribution in [0.3, 0.4) is 0 Å². The van der Waals surface area contributed by atoms with E-state index in [1.165, 1.54) is 10.9 Å². The molecule has 10 nitrogen and oxygen atoms in total. The van der Waals surface area contributed by atoms with E-state index in [1.807, 2.05) is 32.0 Å². The van der Waals surface area contributed by atoms with Crippen LogP contribution in [-0.4, -0.2) is 30.8 Å². The van der Waals surface area contributed by atoms with Gasteiger partial charge in [0.25, 0.3) is 5.91 Å². The molecule has 0 saturated carbocycles. The Hall–Kier alpha value is -3.40. The molecule has 0 atom stereocenters. The zero-order chi connectivity index (χ0) is 19.6. The summed E-state index contributed by atoms with van der Waals surface area (Å²) in [4.78, 5) is 22.2. The zero-order valence-corrected chi connectivity index (χ0v) is 15.1. The number of nitrogens with one attached hydrogen (secondary N) is 2. The number of aromatic nitrogens is 4. The first kappa shape index (κ1) is 18.4. The number of aryl methyl sites for hydroxylation is 2. The Labute approximate surface area is 158 Å². The van der Waals surface area contributed by atoms with Crippen molar-refractivity contribution in [2.75, 3.05) is 5.32 Å². The number of aromatic amines is 1. The van der Waals surface area contributed by atoms with Gasteiger partial charge in [-0.05, 0) is 30.4 Å². The molecule has 1 aromatic carbocycles. The molecule has 0 spiro atoms. The quantitative estimate of drug-likeness (QED) is 0.491. The van der Waals surface area contributed by atoms with Crippen LogP contribution in [0.4, 0.5) is 11.5 Å². The number of benzene rings is 1. The van der Waals surface area contributed by atoms with E-state index in [0.29, 0.717) is 5.69 Å². The molecule has 140 valence electrons. The number of rotatable bonds is 6. The van der Waals surface area contributed by atoms with Crippen LogP contribution < -0.4 is 10.1 Å². The van der Waals surface area contributed by atoms with E-state index in [0.717, 1.165) is 16.9 Å². The molecule has 3 rings (SSSR count). The van der Waals surface area contributed by atoms with Crippen LogP contribution >= 0.6 is 11.6 Å². The smallest absolute Gasteiger partial charge is 0.362 e. The first-order chi connectivity index (χ1) is 12.8. The molecule has 0 aliphatic carbocycles. The second-order valence-corrected chi connectivity index (χ2v) is 6.13. The number of carbonyl (C=O) groups is 1. The van der Waals surface area contributed by atoms with Gasteiger partial charge in [-0.15, -0.1) is 5.10 Å². The molecular formula is C16H15ClN6O4. The fourth-order valence-corrected chi connectivity index (χ4v) is 2.62. The van der Waals surface area contributed by atoms with Crippen molar-refractivity contribution in [3.8, 4) is 5.75 Å². The van der Waals surface area contributed by atoms with Gasteiger partial charge in [-0.3, -0.25) is 4.79 Å². The summed E-state index contributed by atoms with van der Waals surface area (Å²) in [6, 6.07) is 5.84. The van der Waals surface area contributed by atoms with Crippen LogP contribution in [0, 0.1) is 24.0 Å². The van der Waals surface area contributed by atoms with Gasteiger partial charge in [0.1, 0.15) is 5.75 Å². The molecule has 2 aromatic heterocycles. The molecule has 0 fully saturated rings. The lowest BCUT2D eigenvalue weighted by Gasteiger charge is -2.09. The van der Waals surface area contributed by atoms with Crippen LogP contribution in [0.2, 0.25) is 5.02 Å². The van der Waals surface area contributed by atoms with Crippen LogP contribution in [0.15, 0.2) is 30.6 Å². The summed E-state index contributed by atoms with van der Waals surface area (Å²) in [5.74, 6) is -0.504. The van der Waals surface area contributed by atoms with Gasteiger partial charge in [-0.1, -0.05) is 34.4 Å². The van der Waals surface area contributed by atoms with Crippen LogP contribution in [0.1, 0.15) is 21.6 Å². The number of anilines is 1. The lowest BCUT2D eigenvalue weighted by Crippen LogP contribution is -2.12. The van der Waals surface area contributed by atoms with Crippen molar-refractivity contribution in [1.29, 1.82) is 0 Å². The monoisotopic (exact) mass is 390 g/mol. The van der Waals surface area contributed by atoms with E-state index in [2.05, 4.69) is 20.6 Å². The van der Waals surface area contributed by atoms with Crippen molar-refractivity contribution in [3.05, 3.63) is 62.6 Å². The molecule has 0 aliphatic heterocycles. The van der Waals surface area contributed by atoms with E-state index in [4.69, 9.17) is 16.3 Å². The Morgan fingerprint density at radius 1 is 1.44 bits per heavy atom. The van der Waals surface area contributed by atoms with Crippen LogP contribution in [-0.2, 0) is 6.73 Å². The predicted molar refractivity (Wildman–Crippen MR) is 97.0 cm³/mol. The molecule has 0 aliphatic rings. The van der Waals surface area contributed by atoms with E-state index < -0.39 is 16.6 Å². The number of H-pyrrole nitrogens is 1. The van der Waals surface area contributed by atoms with Crippen LogP contribution in [0.5, 0.6) is 5.75 Å². The first-order valence-electron chi connectivity index (χ1n) is 7.77. The molecule has 1 amide bonds. The molecular weight excluding hydrogens is 376 g/mol. The second kappa shape index (κ2) is 7.46. The Kier molecular flexibility index (Phi) is 5.08. The molecule has 0 unspecified atom stereocenters. The first-order valence-corrected chi connectivity index (χ1v) is 8.15. The summed E-state index contributed by atoms with van der Waals surface area (Å²) in [5.41, 5.74) is 2.24. The molecule has 2 heterocycles. The number of nitro groups is 1. The van der Waals surface area contributed by atoms with E-state index >= 15 is 0 Å². The SMILES string of the molecule is Cc1ccc(OCn2cc(NC(=O)c3n[nH]c([N+](=O)[O-])c3Cl)cn2)c(C)c1. The van der Waals surface area contributed by atoms with Crippen LogP contribution in [0.25, 0.3) is 0 Å². The highest BCUT2D eigenvalue weighted by Gasteiger charge is 2.25. The number of carbonyl (C=O) groups excluding carboxylic acids is 1. The number of nitrogens with zero attached hydrogens (tertiary/aromatic N) is 4. The normalized spacial score (nSPS) is 10.6. The average Bonchev–Trinajstić information content (AvgIpc) is 3.20. The minimum Gasteiger partial charge on any atom is -0.471 e. The molecule has 0 saturated heterocycles. The third-order valence-electron chi connectivity index (χ3n) is 3.66. The van der Waals surface area contributed by atoms with E-state index in [1.54, 1.807) is 6.20 Å². The van der Waals surface area contributed by atoms with Crippen molar-refractivity contribution in [1.82, 2.24) is 20.0 Å². The van der Waals surface area contributed by atoms with Crippen molar-refractivity contribution in [2.45, 2.75) is 20.6 Å². The third-order valence-corrected chi connectivity index (χ3v) is 4.02. The van der Waals surface area contributed by atoms with Gasteiger partial charge < -0.3 is 20.2 Å². The zero-order valence-electron chi connectivity index (χ0n) is 14.4. The van der Waals surface area contributed by atoms with Crippen molar-refractivity contribution in [2.24, 2.45) is 0 Å². The summed E-state index contributed by atoms with van der Waals surface area (Å²) < 4.78 is 7.19. The molecule has 0 radical (unpaired) electrons. The number of hydrogen-bond acceptors (Lipinski definition) is 6. The molecule has 27 heavy (non-hydrogen) atoms. The van der Waals surface area contributed by atoms with Gasteiger partial charge in [0.15, 0.2) is 17.4 Å². The number of amides is 1. The summed E-state index contributed by atoms with van der Waals surface area (Å²) in [6.45, 7) is 4.09. The predicted octanol–water partition coefficient (Wildman–Crippen LogP) is 3.07. The minimum absolute atomic E-state index is 0.147. The lowest BCUT2D eigenvalue weighted by molar-refractivity contribution is -0.389. The number of ether oxygens (including phenoxy) is 1. The van der Waals surface area contributed by atoms with Gasteiger partial charge in [0, 0.05) is 0 Å². The fraction of sp³-hybridized carbons (Fsp3) is 0.188.